The summed E-state index contributed by atoms with van der Waals surface area (Å²) in [5.74, 6) is 2.27. The Balaban J connectivity index is 1.87. The molecule has 128 valence electrons. The minimum atomic E-state index is 0.363. The highest BCUT2D eigenvalue weighted by Gasteiger charge is 2.12. The topological polar surface area (TPSA) is 36.3 Å². The molecule has 0 aliphatic rings. The van der Waals surface area contributed by atoms with E-state index in [1.54, 1.807) is 7.11 Å². The van der Waals surface area contributed by atoms with Gasteiger partial charge >= 0.3 is 0 Å². The zero-order valence-electron chi connectivity index (χ0n) is 14.6. The number of benzene rings is 2. The van der Waals surface area contributed by atoms with Gasteiger partial charge in [-0.1, -0.05) is 36.4 Å². The van der Waals surface area contributed by atoms with Crippen molar-refractivity contribution in [1.82, 2.24) is 9.55 Å². The number of hydrogen-bond donors (Lipinski definition) is 0. The number of ether oxygens (including phenoxy) is 2. The largest absolute Gasteiger partial charge is 0.493 e. The van der Waals surface area contributed by atoms with Gasteiger partial charge in [-0.15, -0.1) is 6.58 Å². The van der Waals surface area contributed by atoms with Crippen LogP contribution in [0.15, 0.2) is 61.2 Å². The lowest BCUT2D eigenvalue weighted by atomic mass is 10.2. The molecule has 4 heteroatoms. The molecule has 1 aromatic heterocycles. The Hall–Kier alpha value is -3.01. The van der Waals surface area contributed by atoms with Gasteiger partial charge in [-0.3, -0.25) is 0 Å². The van der Waals surface area contributed by atoms with Crippen molar-refractivity contribution >= 4 is 17.1 Å². The Morgan fingerprint density at radius 1 is 1.16 bits per heavy atom. The maximum atomic E-state index is 6.00. The van der Waals surface area contributed by atoms with E-state index in [1.165, 1.54) is 0 Å². The van der Waals surface area contributed by atoms with Crippen molar-refractivity contribution in [1.29, 1.82) is 0 Å². The van der Waals surface area contributed by atoms with Gasteiger partial charge < -0.3 is 14.0 Å². The molecule has 0 atom stereocenters. The second-order valence-electron chi connectivity index (χ2n) is 5.61. The molecule has 0 saturated heterocycles. The lowest BCUT2D eigenvalue weighted by Gasteiger charge is -2.12. The lowest BCUT2D eigenvalue weighted by Crippen LogP contribution is -2.07. The van der Waals surface area contributed by atoms with Gasteiger partial charge in [0.15, 0.2) is 11.5 Å². The van der Waals surface area contributed by atoms with Crippen molar-refractivity contribution in [2.45, 2.75) is 20.1 Å². The number of nitrogens with zero attached hydrogens (tertiary/aromatic N) is 2. The highest BCUT2D eigenvalue weighted by atomic mass is 16.5. The lowest BCUT2D eigenvalue weighted by molar-refractivity contribution is 0.273. The smallest absolute Gasteiger partial charge is 0.161 e. The minimum Gasteiger partial charge on any atom is -0.493 e. The highest BCUT2D eigenvalue weighted by Crippen LogP contribution is 2.29. The molecule has 0 spiro atoms. The average molecular weight is 334 g/mol. The van der Waals surface area contributed by atoms with E-state index in [0.29, 0.717) is 24.7 Å². The van der Waals surface area contributed by atoms with Crippen LogP contribution in [-0.2, 0) is 13.2 Å². The molecule has 0 bridgehead atoms. The summed E-state index contributed by atoms with van der Waals surface area (Å²) in [7, 11) is 1.65. The van der Waals surface area contributed by atoms with E-state index in [1.807, 2.05) is 61.5 Å². The molecule has 0 unspecified atom stereocenters. The molecule has 3 aromatic rings. The quantitative estimate of drug-likeness (QED) is 0.580. The fourth-order valence-electron chi connectivity index (χ4n) is 2.81. The van der Waals surface area contributed by atoms with Crippen molar-refractivity contribution in [2.24, 2.45) is 0 Å². The highest BCUT2D eigenvalue weighted by molar-refractivity contribution is 5.76. The van der Waals surface area contributed by atoms with Gasteiger partial charge in [0.05, 0.1) is 18.1 Å². The van der Waals surface area contributed by atoms with E-state index < -0.39 is 0 Å². The van der Waals surface area contributed by atoms with Crippen LogP contribution in [0.1, 0.15) is 18.3 Å². The summed E-state index contributed by atoms with van der Waals surface area (Å²) >= 11 is 0. The van der Waals surface area contributed by atoms with E-state index in [4.69, 9.17) is 9.47 Å². The first kappa shape index (κ1) is 16.8. The molecule has 4 nitrogen and oxygen atoms in total. The van der Waals surface area contributed by atoms with Crippen molar-refractivity contribution in [3.05, 3.63) is 72.6 Å². The second-order valence-corrected chi connectivity index (χ2v) is 5.61. The first-order valence-electron chi connectivity index (χ1n) is 8.25. The Morgan fingerprint density at radius 2 is 2.00 bits per heavy atom. The standard InChI is InChI=1S/C21H22N2O2/c1-4-8-16-11-12-19(20(14-16)24-3)25-15-21-22-17-9-6-7-10-18(17)23(21)13-5-2/h4-12,14H,2,13,15H2,1,3H3/b8-4-. The number of methoxy groups -OCH3 is 1. The van der Waals surface area contributed by atoms with Crippen LogP contribution in [0, 0.1) is 0 Å². The third kappa shape index (κ3) is 3.58. The minimum absolute atomic E-state index is 0.363. The first-order valence-corrected chi connectivity index (χ1v) is 8.25. The number of hydrogen-bond acceptors (Lipinski definition) is 3. The molecule has 0 amide bonds. The molecule has 2 aromatic carbocycles. The SMILES string of the molecule is C=CCn1c(COc2ccc(/C=C\C)cc2OC)nc2ccccc21. The number of aromatic nitrogens is 2. The maximum Gasteiger partial charge on any atom is 0.161 e. The van der Waals surface area contributed by atoms with Crippen LogP contribution < -0.4 is 9.47 Å². The van der Waals surface area contributed by atoms with E-state index in [2.05, 4.69) is 22.2 Å². The van der Waals surface area contributed by atoms with Gasteiger partial charge in [0.1, 0.15) is 12.4 Å². The molecule has 0 aliphatic carbocycles. The van der Waals surface area contributed by atoms with Gasteiger partial charge in [0.2, 0.25) is 0 Å². The van der Waals surface area contributed by atoms with Crippen LogP contribution in [0.5, 0.6) is 11.5 Å². The first-order chi connectivity index (χ1) is 12.3. The summed E-state index contributed by atoms with van der Waals surface area (Å²) in [6.45, 7) is 6.88. The van der Waals surface area contributed by atoms with Gasteiger partial charge in [0, 0.05) is 6.54 Å². The van der Waals surface area contributed by atoms with Crippen molar-refractivity contribution in [2.75, 3.05) is 7.11 Å². The van der Waals surface area contributed by atoms with Crippen LogP contribution in [0.25, 0.3) is 17.1 Å². The van der Waals surface area contributed by atoms with Crippen LogP contribution >= 0.6 is 0 Å². The molecule has 0 aliphatic heterocycles. The maximum absolute atomic E-state index is 6.00. The van der Waals surface area contributed by atoms with Crippen LogP contribution in [0.2, 0.25) is 0 Å². The summed E-state index contributed by atoms with van der Waals surface area (Å²) in [5.41, 5.74) is 3.11. The summed E-state index contributed by atoms with van der Waals surface area (Å²) in [5, 5.41) is 0. The molecule has 0 radical (unpaired) electrons. The third-order valence-corrected chi connectivity index (χ3v) is 3.95. The van der Waals surface area contributed by atoms with Gasteiger partial charge in [-0.05, 0) is 36.8 Å². The number of rotatable bonds is 7. The molecular weight excluding hydrogens is 312 g/mol. The average Bonchev–Trinajstić information content (AvgIpc) is 2.99. The van der Waals surface area contributed by atoms with Crippen molar-refractivity contribution < 1.29 is 9.47 Å². The molecule has 0 fully saturated rings. The number of fused-ring (bicyclic) bond motifs is 1. The normalized spacial score (nSPS) is 11.1. The predicted octanol–water partition coefficient (Wildman–Crippen LogP) is 4.84. The zero-order valence-corrected chi connectivity index (χ0v) is 14.6. The van der Waals surface area contributed by atoms with Crippen molar-refractivity contribution in [3.8, 4) is 11.5 Å². The van der Waals surface area contributed by atoms with Crippen LogP contribution in [0.3, 0.4) is 0 Å². The number of allylic oxidation sites excluding steroid dienone is 2. The van der Waals surface area contributed by atoms with Crippen molar-refractivity contribution in [3.63, 3.8) is 0 Å². The molecule has 0 saturated carbocycles. The van der Waals surface area contributed by atoms with Gasteiger partial charge in [-0.25, -0.2) is 4.98 Å². The fraction of sp³-hybridized carbons (Fsp3) is 0.190. The number of imidazole rings is 1. The van der Waals surface area contributed by atoms with Gasteiger partial charge in [-0.2, -0.15) is 0 Å². The summed E-state index contributed by atoms with van der Waals surface area (Å²) in [6.07, 6.45) is 5.88. The summed E-state index contributed by atoms with van der Waals surface area (Å²) in [6, 6.07) is 14.0. The fourth-order valence-corrected chi connectivity index (χ4v) is 2.81. The van der Waals surface area contributed by atoms with Gasteiger partial charge in [0.25, 0.3) is 0 Å². The molecular formula is C21H22N2O2. The van der Waals surface area contributed by atoms with E-state index in [9.17, 15) is 0 Å². The monoisotopic (exact) mass is 334 g/mol. The molecule has 1 heterocycles. The molecule has 3 rings (SSSR count). The zero-order chi connectivity index (χ0) is 17.6. The molecule has 0 N–H and O–H groups in total. The predicted molar refractivity (Wildman–Crippen MR) is 102 cm³/mol. The Bertz CT molecular complexity index is 909. The second kappa shape index (κ2) is 7.71. The van der Waals surface area contributed by atoms with Crippen LogP contribution in [-0.4, -0.2) is 16.7 Å². The Kier molecular flexibility index (Phi) is 5.19. The molecule has 25 heavy (non-hydrogen) atoms. The summed E-state index contributed by atoms with van der Waals surface area (Å²) < 4.78 is 13.6. The van der Waals surface area contributed by atoms with E-state index in [-0.39, 0.29) is 0 Å². The third-order valence-electron chi connectivity index (χ3n) is 3.95. The van der Waals surface area contributed by atoms with Crippen LogP contribution in [0.4, 0.5) is 0 Å². The van der Waals surface area contributed by atoms with E-state index >= 15 is 0 Å². The van der Waals surface area contributed by atoms with E-state index in [0.717, 1.165) is 22.4 Å². The Morgan fingerprint density at radius 3 is 2.76 bits per heavy atom. The summed E-state index contributed by atoms with van der Waals surface area (Å²) in [4.78, 5) is 4.69. The Labute approximate surface area is 148 Å². The number of para-hydroxylation sites is 2.